The van der Waals surface area contributed by atoms with E-state index in [2.05, 4.69) is 0 Å². The topological polar surface area (TPSA) is 119 Å². The van der Waals surface area contributed by atoms with Crippen molar-refractivity contribution in [2.24, 2.45) is 0 Å². The van der Waals surface area contributed by atoms with Crippen LogP contribution in [0, 0.1) is 6.92 Å². The van der Waals surface area contributed by atoms with Gasteiger partial charge in [0.25, 0.3) is 0 Å². The first-order valence-electron chi connectivity index (χ1n) is 10.4. The molecule has 33 heavy (non-hydrogen) atoms. The molecule has 1 aromatic heterocycles. The average molecular weight is 461 g/mol. The largest absolute Gasteiger partial charge is 0.463 e. The molecule has 1 aromatic carbocycles. The molecule has 1 saturated heterocycles. The first kappa shape index (κ1) is 24.2. The van der Waals surface area contributed by atoms with Crippen LogP contribution in [0.1, 0.15) is 39.5 Å². The minimum Gasteiger partial charge on any atom is -0.463 e. The van der Waals surface area contributed by atoms with Gasteiger partial charge in [-0.3, -0.25) is 19.2 Å². The van der Waals surface area contributed by atoms with Gasteiger partial charge in [-0.2, -0.15) is 0 Å². The van der Waals surface area contributed by atoms with Crippen LogP contribution in [0.15, 0.2) is 30.5 Å². The third kappa shape index (κ3) is 5.51. The van der Waals surface area contributed by atoms with Gasteiger partial charge in [0.15, 0.2) is 24.5 Å². The Morgan fingerprint density at radius 1 is 0.848 bits per heavy atom. The van der Waals surface area contributed by atoms with Crippen molar-refractivity contribution in [3.63, 3.8) is 0 Å². The maximum atomic E-state index is 12.0. The second-order valence-electron chi connectivity index (χ2n) is 7.83. The summed E-state index contributed by atoms with van der Waals surface area (Å²) in [7, 11) is 0. The quantitative estimate of drug-likeness (QED) is 0.471. The van der Waals surface area contributed by atoms with Gasteiger partial charge in [0.05, 0.1) is 5.52 Å². The summed E-state index contributed by atoms with van der Waals surface area (Å²) in [5.74, 6) is -2.55. The van der Waals surface area contributed by atoms with Gasteiger partial charge in [-0.25, -0.2) is 0 Å². The normalized spacial score (nSPS) is 24.7. The zero-order valence-electron chi connectivity index (χ0n) is 19.1. The summed E-state index contributed by atoms with van der Waals surface area (Å²) >= 11 is 0. The number of aromatic nitrogens is 1. The fraction of sp³-hybridized carbons (Fsp3) is 0.478. The van der Waals surface area contributed by atoms with Crippen molar-refractivity contribution < 1.29 is 42.9 Å². The van der Waals surface area contributed by atoms with Crippen LogP contribution in [0.2, 0.25) is 0 Å². The van der Waals surface area contributed by atoms with Crippen LogP contribution in [0.3, 0.4) is 0 Å². The fourth-order valence-electron chi connectivity index (χ4n) is 4.02. The maximum absolute atomic E-state index is 12.0. The molecule has 178 valence electrons. The molecular weight excluding hydrogens is 434 g/mol. The zero-order valence-corrected chi connectivity index (χ0v) is 19.1. The Bertz CT molecular complexity index is 1060. The average Bonchev–Trinajstić information content (AvgIpc) is 3.05. The van der Waals surface area contributed by atoms with Crippen LogP contribution < -0.4 is 0 Å². The van der Waals surface area contributed by atoms with E-state index in [4.69, 9.17) is 23.7 Å². The Morgan fingerprint density at radius 2 is 1.42 bits per heavy atom. The van der Waals surface area contributed by atoms with E-state index in [1.165, 1.54) is 27.7 Å². The Labute approximate surface area is 190 Å². The first-order chi connectivity index (χ1) is 15.6. The van der Waals surface area contributed by atoms with Crippen LogP contribution in [0.4, 0.5) is 0 Å². The Morgan fingerprint density at radius 3 is 2.03 bits per heavy atom. The van der Waals surface area contributed by atoms with Gasteiger partial charge in [-0.15, -0.1) is 0 Å². The third-order valence-electron chi connectivity index (χ3n) is 5.18. The summed E-state index contributed by atoms with van der Waals surface area (Å²) < 4.78 is 29.6. The van der Waals surface area contributed by atoms with E-state index in [-0.39, 0.29) is 6.61 Å². The number of para-hydroxylation sites is 1. The van der Waals surface area contributed by atoms with Crippen LogP contribution in [0.5, 0.6) is 0 Å². The van der Waals surface area contributed by atoms with Crippen LogP contribution >= 0.6 is 0 Å². The molecule has 0 bridgehead atoms. The van der Waals surface area contributed by atoms with E-state index in [9.17, 15) is 19.2 Å². The molecule has 1 aliphatic rings. The summed E-state index contributed by atoms with van der Waals surface area (Å²) in [6.07, 6.45) is -3.69. The highest BCUT2D eigenvalue weighted by atomic mass is 16.7. The number of esters is 4. The monoisotopic (exact) mass is 461 g/mol. The highest BCUT2D eigenvalue weighted by Crippen LogP contribution is 2.37. The Kier molecular flexibility index (Phi) is 7.37. The molecule has 10 heteroatoms. The molecule has 3 rings (SSSR count). The summed E-state index contributed by atoms with van der Waals surface area (Å²) in [5, 5.41) is 0.949. The van der Waals surface area contributed by atoms with Crippen molar-refractivity contribution >= 4 is 34.8 Å². The SMILES string of the molecule is CC(=O)OC[C@H]1O[C@@H](n2cc(C)c3ccccc32)[C@H](OC(C)=O)[C@@H](OC(C)=O)[C@@H]1OC(C)=O. The van der Waals surface area contributed by atoms with E-state index < -0.39 is 54.5 Å². The van der Waals surface area contributed by atoms with Crippen molar-refractivity contribution in [1.82, 2.24) is 4.57 Å². The number of fused-ring (bicyclic) bond motifs is 1. The molecule has 0 unspecified atom stereocenters. The molecule has 10 nitrogen and oxygen atoms in total. The number of benzene rings is 1. The van der Waals surface area contributed by atoms with Crippen molar-refractivity contribution in [1.29, 1.82) is 0 Å². The predicted molar refractivity (Wildman–Crippen MR) is 114 cm³/mol. The van der Waals surface area contributed by atoms with Gasteiger partial charge < -0.3 is 28.3 Å². The first-order valence-corrected chi connectivity index (χ1v) is 10.4. The minimum atomic E-state index is -1.21. The smallest absolute Gasteiger partial charge is 0.303 e. The highest BCUT2D eigenvalue weighted by molar-refractivity contribution is 5.83. The van der Waals surface area contributed by atoms with Gasteiger partial charge in [0, 0.05) is 39.3 Å². The maximum Gasteiger partial charge on any atom is 0.303 e. The third-order valence-corrected chi connectivity index (χ3v) is 5.18. The number of hydrogen-bond donors (Lipinski definition) is 0. The number of hydrogen-bond acceptors (Lipinski definition) is 9. The molecule has 2 aromatic rings. The summed E-state index contributed by atoms with van der Waals surface area (Å²) in [6, 6.07) is 7.55. The molecule has 2 heterocycles. The van der Waals surface area contributed by atoms with E-state index in [0.29, 0.717) is 0 Å². The summed E-state index contributed by atoms with van der Waals surface area (Å²) in [4.78, 5) is 47.3. The number of ether oxygens (including phenoxy) is 5. The lowest BCUT2D eigenvalue weighted by Gasteiger charge is -2.44. The second-order valence-corrected chi connectivity index (χ2v) is 7.83. The van der Waals surface area contributed by atoms with Gasteiger partial charge >= 0.3 is 23.9 Å². The fourth-order valence-corrected chi connectivity index (χ4v) is 4.02. The predicted octanol–water partition coefficient (Wildman–Crippen LogP) is 2.21. The lowest BCUT2D eigenvalue weighted by Crippen LogP contribution is -2.60. The summed E-state index contributed by atoms with van der Waals surface area (Å²) in [6.45, 7) is 6.47. The van der Waals surface area contributed by atoms with Gasteiger partial charge in [0.2, 0.25) is 0 Å². The number of aryl methyl sites for hydroxylation is 1. The molecule has 1 fully saturated rings. The van der Waals surface area contributed by atoms with Crippen LogP contribution in [0.25, 0.3) is 10.9 Å². The number of nitrogens with zero attached hydrogens (tertiary/aromatic N) is 1. The second kappa shape index (κ2) is 10.0. The molecule has 1 aliphatic heterocycles. The number of rotatable bonds is 6. The lowest BCUT2D eigenvalue weighted by atomic mass is 9.97. The van der Waals surface area contributed by atoms with Gasteiger partial charge in [-0.05, 0) is 18.6 Å². The minimum absolute atomic E-state index is 0.271. The van der Waals surface area contributed by atoms with Gasteiger partial charge in [0.1, 0.15) is 12.7 Å². The van der Waals surface area contributed by atoms with Crippen LogP contribution in [-0.4, -0.2) is 59.5 Å². The molecule has 0 amide bonds. The molecule has 5 atom stereocenters. The van der Waals surface area contributed by atoms with Crippen molar-refractivity contribution in [2.75, 3.05) is 6.61 Å². The Balaban J connectivity index is 2.14. The van der Waals surface area contributed by atoms with Crippen molar-refractivity contribution in [2.45, 2.75) is 65.3 Å². The molecule has 0 N–H and O–H groups in total. The molecule has 0 spiro atoms. The van der Waals surface area contributed by atoms with Crippen molar-refractivity contribution in [3.05, 3.63) is 36.0 Å². The zero-order chi connectivity index (χ0) is 24.3. The van der Waals surface area contributed by atoms with E-state index in [0.717, 1.165) is 16.5 Å². The van der Waals surface area contributed by atoms with E-state index >= 15 is 0 Å². The van der Waals surface area contributed by atoms with E-state index in [1.54, 1.807) is 4.57 Å². The summed E-state index contributed by atoms with van der Waals surface area (Å²) in [5.41, 5.74) is 1.73. The molecule has 0 saturated carbocycles. The van der Waals surface area contributed by atoms with E-state index in [1.807, 2.05) is 37.4 Å². The van der Waals surface area contributed by atoms with Crippen molar-refractivity contribution in [3.8, 4) is 0 Å². The molecular formula is C23H27NO9. The highest BCUT2D eigenvalue weighted by Gasteiger charge is 2.53. The molecule has 0 aliphatic carbocycles. The Hall–Kier alpha value is -3.40. The van der Waals surface area contributed by atoms with Gasteiger partial charge in [-0.1, -0.05) is 18.2 Å². The number of carbonyl (C=O) groups excluding carboxylic acids is 4. The number of carbonyl (C=O) groups is 4. The lowest BCUT2D eigenvalue weighted by molar-refractivity contribution is -0.267. The standard InChI is InChI=1S/C23H27NO9/c1-12-10-24(18-9-7-6-8-17(12)18)23-22(32-16(5)28)21(31-15(4)27)20(30-14(3)26)19(33-23)11-29-13(2)25/h6-10,19-23H,11H2,1-5H3/t19-,20-,21+,22-,23-/m1/s1. The molecule has 0 radical (unpaired) electrons. The van der Waals surface area contributed by atoms with Crippen LogP contribution in [-0.2, 0) is 42.9 Å².